The maximum absolute atomic E-state index is 12.7. The maximum atomic E-state index is 12.7. The summed E-state index contributed by atoms with van der Waals surface area (Å²) < 4.78 is 58.6. The van der Waals surface area contributed by atoms with E-state index in [-0.39, 0.29) is 18.3 Å². The van der Waals surface area contributed by atoms with Gasteiger partial charge in [-0.2, -0.15) is 8.78 Å². The molecule has 0 bridgehead atoms. The van der Waals surface area contributed by atoms with Gasteiger partial charge in [0, 0.05) is 19.7 Å². The Hall–Kier alpha value is -1.94. The third-order valence-corrected chi connectivity index (χ3v) is 2.52. The second-order valence-electron chi connectivity index (χ2n) is 4.45. The zero-order valence-electron chi connectivity index (χ0n) is 12.3. The second kappa shape index (κ2) is 9.26. The van der Waals surface area contributed by atoms with Crippen LogP contribution in [0.2, 0.25) is 0 Å². The molecule has 0 spiro atoms. The Labute approximate surface area is 130 Å². The monoisotopic (exact) mass is 339 g/mol. The van der Waals surface area contributed by atoms with E-state index in [1.807, 2.05) is 0 Å². The Morgan fingerprint density at radius 2 is 2.13 bits per heavy atom. The molecule has 6 nitrogen and oxygen atoms in total. The lowest BCUT2D eigenvalue weighted by Crippen LogP contribution is -2.33. The number of hydrogen-bond donors (Lipinski definition) is 2. The molecule has 1 rings (SSSR count). The second-order valence-corrected chi connectivity index (χ2v) is 4.45. The van der Waals surface area contributed by atoms with Crippen molar-refractivity contribution in [2.75, 3.05) is 38.7 Å². The molecule has 0 saturated heterocycles. The molecule has 0 aromatic carbocycles. The van der Waals surface area contributed by atoms with Gasteiger partial charge in [-0.05, 0) is 6.07 Å². The molecule has 1 amide bonds. The van der Waals surface area contributed by atoms with Crippen LogP contribution in [0.15, 0.2) is 18.3 Å². The number of anilines is 1. The molecule has 0 radical (unpaired) electrons. The van der Waals surface area contributed by atoms with Crippen LogP contribution in [0.1, 0.15) is 0 Å². The number of halogens is 4. The number of aromatic nitrogens is 1. The molecule has 130 valence electrons. The largest absolute Gasteiger partial charge is 0.471 e. The van der Waals surface area contributed by atoms with Gasteiger partial charge < -0.3 is 20.1 Å². The van der Waals surface area contributed by atoms with Crippen LogP contribution in [0.5, 0.6) is 5.88 Å². The molecule has 0 aliphatic rings. The Balaban J connectivity index is 2.40. The van der Waals surface area contributed by atoms with Crippen molar-refractivity contribution < 1.29 is 31.8 Å². The molecule has 1 aromatic rings. The number of rotatable bonds is 10. The van der Waals surface area contributed by atoms with E-state index in [4.69, 9.17) is 4.74 Å². The molecular weight excluding hydrogens is 322 g/mol. The summed E-state index contributed by atoms with van der Waals surface area (Å²) in [6.07, 6.45) is -2.64. The van der Waals surface area contributed by atoms with Crippen molar-refractivity contribution in [3.05, 3.63) is 18.3 Å². The van der Waals surface area contributed by atoms with Crippen LogP contribution >= 0.6 is 0 Å². The summed E-state index contributed by atoms with van der Waals surface area (Å²) in [6.45, 7) is -0.452. The fraction of sp³-hybridized carbons (Fsp3) is 0.538. The summed E-state index contributed by atoms with van der Waals surface area (Å²) in [4.78, 5) is 15.2. The van der Waals surface area contributed by atoms with Gasteiger partial charge in [0.2, 0.25) is 11.8 Å². The fourth-order valence-corrected chi connectivity index (χ4v) is 1.35. The summed E-state index contributed by atoms with van der Waals surface area (Å²) in [5.74, 6) is -4.83. The first-order valence-corrected chi connectivity index (χ1v) is 6.59. The van der Waals surface area contributed by atoms with Crippen molar-refractivity contribution >= 4 is 11.6 Å². The number of nitrogens with zero attached hydrogens (tertiary/aromatic N) is 1. The van der Waals surface area contributed by atoms with E-state index in [1.54, 1.807) is 0 Å². The lowest BCUT2D eigenvalue weighted by atomic mass is 10.4. The standard InChI is InChI=1S/C13H17F4N3O3/c1-22-5-4-18-7-10(21)20-9-2-3-11(19-6-9)23-8-13(16,17)12(14)15/h2-3,6,12,18H,4-5,7-8H2,1H3,(H,20,21). The fourth-order valence-electron chi connectivity index (χ4n) is 1.35. The molecule has 0 aliphatic heterocycles. The number of methoxy groups -OCH3 is 1. The Morgan fingerprint density at radius 1 is 1.39 bits per heavy atom. The molecule has 0 atom stereocenters. The van der Waals surface area contributed by atoms with Crippen LogP contribution in [0.3, 0.4) is 0 Å². The lowest BCUT2D eigenvalue weighted by Gasteiger charge is -2.15. The van der Waals surface area contributed by atoms with Crippen LogP contribution in [-0.4, -0.2) is 56.7 Å². The number of ether oxygens (including phenoxy) is 2. The first-order valence-electron chi connectivity index (χ1n) is 6.59. The van der Waals surface area contributed by atoms with Gasteiger partial charge in [-0.1, -0.05) is 0 Å². The number of carbonyl (C=O) groups excluding carboxylic acids is 1. The lowest BCUT2D eigenvalue weighted by molar-refractivity contribution is -0.148. The minimum atomic E-state index is -4.25. The highest BCUT2D eigenvalue weighted by Crippen LogP contribution is 2.23. The predicted molar refractivity (Wildman–Crippen MR) is 74.1 cm³/mol. The zero-order chi connectivity index (χ0) is 17.3. The summed E-state index contributed by atoms with van der Waals surface area (Å²) >= 11 is 0. The van der Waals surface area contributed by atoms with E-state index in [0.717, 1.165) is 0 Å². The van der Waals surface area contributed by atoms with Crippen LogP contribution in [0.25, 0.3) is 0 Å². The molecule has 0 aliphatic carbocycles. The Bertz CT molecular complexity index is 486. The number of amides is 1. The van der Waals surface area contributed by atoms with Gasteiger partial charge in [-0.15, -0.1) is 0 Å². The van der Waals surface area contributed by atoms with E-state index in [9.17, 15) is 22.4 Å². The summed E-state index contributed by atoms with van der Waals surface area (Å²) in [7, 11) is 1.54. The van der Waals surface area contributed by atoms with E-state index in [1.165, 1.54) is 25.4 Å². The average Bonchev–Trinajstić information content (AvgIpc) is 2.51. The minimum absolute atomic E-state index is 0.0578. The van der Waals surface area contributed by atoms with Gasteiger partial charge in [0.05, 0.1) is 25.0 Å². The summed E-state index contributed by atoms with van der Waals surface area (Å²) in [5.41, 5.74) is 0.316. The third-order valence-electron chi connectivity index (χ3n) is 2.52. The molecule has 0 fully saturated rings. The number of nitrogens with one attached hydrogen (secondary N) is 2. The highest BCUT2D eigenvalue weighted by Gasteiger charge is 2.41. The van der Waals surface area contributed by atoms with Gasteiger partial charge in [0.15, 0.2) is 6.61 Å². The van der Waals surface area contributed by atoms with Crippen molar-refractivity contribution in [2.24, 2.45) is 0 Å². The average molecular weight is 339 g/mol. The number of pyridine rings is 1. The number of carbonyl (C=O) groups is 1. The predicted octanol–water partition coefficient (Wildman–Crippen LogP) is 1.54. The Kier molecular flexibility index (Phi) is 7.69. The quantitative estimate of drug-likeness (QED) is 0.500. The third kappa shape index (κ3) is 7.24. The van der Waals surface area contributed by atoms with E-state index in [2.05, 4.69) is 20.4 Å². The Morgan fingerprint density at radius 3 is 2.70 bits per heavy atom. The molecule has 0 saturated carbocycles. The molecule has 10 heteroatoms. The smallest absolute Gasteiger partial charge is 0.340 e. The SMILES string of the molecule is COCCNCC(=O)Nc1ccc(OCC(F)(F)C(F)F)nc1. The van der Waals surface area contributed by atoms with Crippen molar-refractivity contribution in [3.8, 4) is 5.88 Å². The van der Waals surface area contributed by atoms with Crippen molar-refractivity contribution in [1.29, 1.82) is 0 Å². The first-order chi connectivity index (χ1) is 10.8. The minimum Gasteiger partial charge on any atom is -0.471 e. The molecular formula is C13H17F4N3O3. The molecule has 0 unspecified atom stereocenters. The maximum Gasteiger partial charge on any atom is 0.340 e. The summed E-state index contributed by atoms with van der Waals surface area (Å²) in [6, 6.07) is 2.55. The molecule has 2 N–H and O–H groups in total. The van der Waals surface area contributed by atoms with Gasteiger partial charge >= 0.3 is 12.3 Å². The van der Waals surface area contributed by atoms with Gasteiger partial charge in [-0.25, -0.2) is 13.8 Å². The van der Waals surface area contributed by atoms with E-state index >= 15 is 0 Å². The molecule has 23 heavy (non-hydrogen) atoms. The first kappa shape index (κ1) is 19.1. The van der Waals surface area contributed by atoms with Gasteiger partial charge in [-0.3, -0.25) is 4.79 Å². The highest BCUT2D eigenvalue weighted by atomic mass is 19.3. The zero-order valence-corrected chi connectivity index (χ0v) is 12.3. The van der Waals surface area contributed by atoms with Crippen molar-refractivity contribution in [1.82, 2.24) is 10.3 Å². The van der Waals surface area contributed by atoms with Crippen molar-refractivity contribution in [2.45, 2.75) is 12.3 Å². The van der Waals surface area contributed by atoms with Crippen LogP contribution in [0, 0.1) is 0 Å². The number of alkyl halides is 4. The van der Waals surface area contributed by atoms with Crippen LogP contribution < -0.4 is 15.4 Å². The van der Waals surface area contributed by atoms with Gasteiger partial charge in [0.1, 0.15) is 0 Å². The summed E-state index contributed by atoms with van der Waals surface area (Å²) in [5, 5.41) is 5.34. The normalized spacial score (nSPS) is 11.6. The molecule has 1 aromatic heterocycles. The van der Waals surface area contributed by atoms with E-state index < -0.39 is 19.0 Å². The van der Waals surface area contributed by atoms with Crippen LogP contribution in [0.4, 0.5) is 23.2 Å². The topological polar surface area (TPSA) is 72.5 Å². The van der Waals surface area contributed by atoms with E-state index in [0.29, 0.717) is 18.8 Å². The molecule has 1 heterocycles. The van der Waals surface area contributed by atoms with Crippen molar-refractivity contribution in [3.63, 3.8) is 0 Å². The van der Waals surface area contributed by atoms with Gasteiger partial charge in [0.25, 0.3) is 0 Å². The van der Waals surface area contributed by atoms with Crippen LogP contribution in [-0.2, 0) is 9.53 Å². The highest BCUT2D eigenvalue weighted by molar-refractivity contribution is 5.92. The number of hydrogen-bond acceptors (Lipinski definition) is 5.